The molecule has 0 aliphatic carbocycles. The van der Waals surface area contributed by atoms with Gasteiger partial charge in [0.15, 0.2) is 0 Å². The van der Waals surface area contributed by atoms with E-state index in [2.05, 4.69) is 5.32 Å². The maximum atomic E-state index is 12.1. The normalized spacial score (nSPS) is 18.8. The van der Waals surface area contributed by atoms with Crippen molar-refractivity contribution in [2.24, 2.45) is 0 Å². The number of carbonyl (C=O) groups is 1. The predicted octanol–water partition coefficient (Wildman–Crippen LogP) is 3.64. The number of phenolic OH excluding ortho intramolecular Hbond substituents is 2. The van der Waals surface area contributed by atoms with Crippen molar-refractivity contribution in [1.82, 2.24) is 5.32 Å². The maximum Gasteiger partial charge on any atom is 0.492 e. The molecule has 1 heterocycles. The van der Waals surface area contributed by atoms with Crippen molar-refractivity contribution < 1.29 is 29.1 Å². The van der Waals surface area contributed by atoms with E-state index in [-0.39, 0.29) is 18.0 Å². The summed E-state index contributed by atoms with van der Waals surface area (Å²) in [7, 11) is -0.715. The monoisotopic (exact) mass is 391 g/mol. The van der Waals surface area contributed by atoms with E-state index >= 15 is 0 Å². The van der Waals surface area contributed by atoms with Crippen molar-refractivity contribution >= 4 is 19.3 Å². The SMILES string of the molecule is CC(C)(C)OC(=O)NCC(=Cc1ccc(O)cc1O)B1OC(C)(C)C(C)(C)O1. The minimum Gasteiger partial charge on any atom is -0.508 e. The van der Waals surface area contributed by atoms with Crippen LogP contribution in [0.5, 0.6) is 11.5 Å². The molecule has 1 aromatic carbocycles. The van der Waals surface area contributed by atoms with E-state index in [1.807, 2.05) is 27.7 Å². The third-order valence-corrected chi connectivity index (χ3v) is 4.75. The zero-order valence-corrected chi connectivity index (χ0v) is 17.6. The van der Waals surface area contributed by atoms with Gasteiger partial charge in [0.05, 0.1) is 11.2 Å². The van der Waals surface area contributed by atoms with Gasteiger partial charge in [-0.05, 0) is 66.1 Å². The fraction of sp³-hybridized carbons (Fsp3) is 0.550. The van der Waals surface area contributed by atoms with E-state index in [1.165, 1.54) is 12.1 Å². The minimum atomic E-state index is -0.715. The van der Waals surface area contributed by atoms with Gasteiger partial charge in [0.25, 0.3) is 0 Å². The molecule has 1 aliphatic heterocycles. The summed E-state index contributed by atoms with van der Waals surface area (Å²) in [4.78, 5) is 12.1. The summed E-state index contributed by atoms with van der Waals surface area (Å²) in [5.41, 5.74) is -0.661. The van der Waals surface area contributed by atoms with Crippen LogP contribution in [0.25, 0.3) is 6.08 Å². The van der Waals surface area contributed by atoms with Crippen molar-refractivity contribution in [2.75, 3.05) is 6.54 Å². The van der Waals surface area contributed by atoms with Gasteiger partial charge in [-0.1, -0.05) is 6.08 Å². The van der Waals surface area contributed by atoms with E-state index in [1.54, 1.807) is 32.9 Å². The first-order valence-corrected chi connectivity index (χ1v) is 9.25. The van der Waals surface area contributed by atoms with Crippen molar-refractivity contribution in [2.45, 2.75) is 65.3 Å². The molecule has 0 spiro atoms. The van der Waals surface area contributed by atoms with Crippen LogP contribution in [0.4, 0.5) is 4.79 Å². The lowest BCUT2D eigenvalue weighted by Gasteiger charge is -2.32. The van der Waals surface area contributed by atoms with E-state index in [0.29, 0.717) is 11.0 Å². The number of carbonyl (C=O) groups excluding carboxylic acids is 1. The summed E-state index contributed by atoms with van der Waals surface area (Å²) >= 11 is 0. The molecule has 7 nitrogen and oxygen atoms in total. The Balaban J connectivity index is 2.28. The molecule has 0 aromatic heterocycles. The number of phenols is 2. The maximum absolute atomic E-state index is 12.1. The van der Waals surface area contributed by atoms with E-state index < -0.39 is 30.0 Å². The molecule has 0 unspecified atom stereocenters. The molecule has 1 amide bonds. The van der Waals surface area contributed by atoms with Crippen LogP contribution >= 0.6 is 0 Å². The summed E-state index contributed by atoms with van der Waals surface area (Å²) < 4.78 is 17.4. The Morgan fingerprint density at radius 1 is 1.18 bits per heavy atom. The van der Waals surface area contributed by atoms with Crippen LogP contribution in [0.2, 0.25) is 0 Å². The van der Waals surface area contributed by atoms with Crippen molar-refractivity contribution in [1.29, 1.82) is 0 Å². The van der Waals surface area contributed by atoms with Gasteiger partial charge in [-0.3, -0.25) is 0 Å². The molecule has 0 saturated carbocycles. The number of alkyl carbamates (subject to hydrolysis) is 1. The predicted molar refractivity (Wildman–Crippen MR) is 108 cm³/mol. The average Bonchev–Trinajstić information content (AvgIpc) is 2.71. The van der Waals surface area contributed by atoms with Gasteiger partial charge in [0.2, 0.25) is 0 Å². The Morgan fingerprint density at radius 3 is 2.25 bits per heavy atom. The Labute approximate surface area is 166 Å². The Kier molecular flexibility index (Phi) is 6.06. The second kappa shape index (κ2) is 7.68. The summed E-state index contributed by atoms with van der Waals surface area (Å²) in [6, 6.07) is 4.28. The van der Waals surface area contributed by atoms with Gasteiger partial charge in [-0.2, -0.15) is 0 Å². The first-order valence-electron chi connectivity index (χ1n) is 9.25. The van der Waals surface area contributed by atoms with Gasteiger partial charge in [0, 0.05) is 18.2 Å². The highest BCUT2D eigenvalue weighted by Crippen LogP contribution is 2.39. The van der Waals surface area contributed by atoms with Gasteiger partial charge in [-0.15, -0.1) is 0 Å². The van der Waals surface area contributed by atoms with Crippen LogP contribution in [-0.2, 0) is 14.0 Å². The molecule has 3 N–H and O–H groups in total. The number of hydrogen-bond donors (Lipinski definition) is 3. The van der Waals surface area contributed by atoms with Crippen LogP contribution in [0.1, 0.15) is 54.0 Å². The highest BCUT2D eigenvalue weighted by Gasteiger charge is 2.52. The molecular weight excluding hydrogens is 361 g/mol. The molecule has 1 aromatic rings. The first-order chi connectivity index (χ1) is 12.7. The van der Waals surface area contributed by atoms with Crippen LogP contribution in [0.15, 0.2) is 23.7 Å². The molecule has 154 valence electrons. The average molecular weight is 391 g/mol. The molecule has 0 radical (unpaired) electrons. The fourth-order valence-corrected chi connectivity index (χ4v) is 2.54. The molecule has 0 atom stereocenters. The second-order valence-corrected chi connectivity index (χ2v) is 8.91. The van der Waals surface area contributed by atoms with Crippen LogP contribution in [0.3, 0.4) is 0 Å². The van der Waals surface area contributed by atoms with E-state index in [0.717, 1.165) is 0 Å². The van der Waals surface area contributed by atoms with E-state index in [4.69, 9.17) is 14.0 Å². The zero-order chi connectivity index (χ0) is 21.3. The standard InChI is InChI=1S/C20H30BNO6/c1-18(2,3)26-17(25)22-12-14(10-13-8-9-15(23)11-16(13)24)21-27-19(4,5)20(6,7)28-21/h8-11,23-24H,12H2,1-7H3,(H,22,25). The minimum absolute atomic E-state index is 0.0429. The van der Waals surface area contributed by atoms with Crippen LogP contribution < -0.4 is 5.32 Å². The van der Waals surface area contributed by atoms with Gasteiger partial charge in [-0.25, -0.2) is 4.79 Å². The molecule has 1 aliphatic rings. The number of rotatable bonds is 4. The molecule has 28 heavy (non-hydrogen) atoms. The first kappa shape index (κ1) is 22.1. The Hall–Kier alpha value is -2.19. The molecule has 1 fully saturated rings. The van der Waals surface area contributed by atoms with Gasteiger partial charge < -0.3 is 29.6 Å². The summed E-state index contributed by atoms with van der Waals surface area (Å²) in [6.07, 6.45) is 1.11. The van der Waals surface area contributed by atoms with Crippen molar-refractivity contribution in [3.8, 4) is 11.5 Å². The molecule has 2 rings (SSSR count). The van der Waals surface area contributed by atoms with Crippen molar-refractivity contribution in [3.63, 3.8) is 0 Å². The molecular formula is C20H30BNO6. The number of benzene rings is 1. The number of hydrogen-bond acceptors (Lipinski definition) is 6. The third kappa shape index (κ3) is 5.42. The Morgan fingerprint density at radius 2 is 1.75 bits per heavy atom. The smallest absolute Gasteiger partial charge is 0.492 e. The Bertz CT molecular complexity index is 750. The highest BCUT2D eigenvalue weighted by atomic mass is 16.7. The number of nitrogens with one attached hydrogen (secondary N) is 1. The lowest BCUT2D eigenvalue weighted by atomic mass is 9.77. The summed E-state index contributed by atoms with van der Waals surface area (Å²) in [5, 5.41) is 22.3. The number of ether oxygens (including phenoxy) is 1. The van der Waals surface area contributed by atoms with Crippen LogP contribution in [-0.4, -0.2) is 46.8 Å². The van der Waals surface area contributed by atoms with Gasteiger partial charge in [0.1, 0.15) is 17.1 Å². The quantitative estimate of drug-likeness (QED) is 0.678. The molecule has 8 heteroatoms. The molecule has 1 saturated heterocycles. The fourth-order valence-electron chi connectivity index (χ4n) is 2.54. The second-order valence-electron chi connectivity index (χ2n) is 8.91. The molecule has 0 bridgehead atoms. The van der Waals surface area contributed by atoms with Crippen LogP contribution in [0, 0.1) is 0 Å². The topological polar surface area (TPSA) is 97.3 Å². The highest BCUT2D eigenvalue weighted by molar-refractivity contribution is 6.56. The number of aromatic hydroxyl groups is 2. The summed E-state index contributed by atoms with van der Waals surface area (Å²) in [5.74, 6) is -0.134. The summed E-state index contributed by atoms with van der Waals surface area (Å²) in [6.45, 7) is 13.2. The van der Waals surface area contributed by atoms with Crippen molar-refractivity contribution in [3.05, 3.63) is 29.2 Å². The van der Waals surface area contributed by atoms with Gasteiger partial charge >= 0.3 is 13.2 Å². The largest absolute Gasteiger partial charge is 0.508 e. The zero-order valence-electron chi connectivity index (χ0n) is 17.6. The van der Waals surface area contributed by atoms with E-state index in [9.17, 15) is 15.0 Å². The lowest BCUT2D eigenvalue weighted by molar-refractivity contribution is 0.00578. The third-order valence-electron chi connectivity index (χ3n) is 4.75. The lowest BCUT2D eigenvalue weighted by Crippen LogP contribution is -2.41. The number of amides is 1.